The Bertz CT molecular complexity index is 879. The van der Waals surface area contributed by atoms with Crippen LogP contribution in [-0.2, 0) is 22.7 Å². The van der Waals surface area contributed by atoms with Crippen molar-refractivity contribution in [2.45, 2.75) is 13.1 Å². The predicted molar refractivity (Wildman–Crippen MR) is 90.6 cm³/mol. The molecular formula is C18H17N3O6. The first-order valence-corrected chi connectivity index (χ1v) is 8.39. The highest BCUT2D eigenvalue weighted by Crippen LogP contribution is 2.33. The van der Waals surface area contributed by atoms with Gasteiger partial charge in [0, 0.05) is 6.54 Å². The first-order chi connectivity index (χ1) is 13.1. The van der Waals surface area contributed by atoms with Gasteiger partial charge >= 0.3 is 6.03 Å². The Morgan fingerprint density at radius 3 is 2.89 bits per heavy atom. The summed E-state index contributed by atoms with van der Waals surface area (Å²) in [6, 6.07) is 8.07. The van der Waals surface area contributed by atoms with Crippen molar-refractivity contribution in [3.63, 3.8) is 0 Å². The lowest BCUT2D eigenvalue weighted by molar-refractivity contribution is -0.141. The predicted octanol–water partition coefficient (Wildman–Crippen LogP) is 0.993. The molecule has 9 heteroatoms. The van der Waals surface area contributed by atoms with Crippen molar-refractivity contribution in [1.29, 1.82) is 0 Å². The number of fused-ring (bicyclic) bond motifs is 1. The molecule has 4 rings (SSSR count). The van der Waals surface area contributed by atoms with Gasteiger partial charge in [0.15, 0.2) is 11.5 Å². The van der Waals surface area contributed by atoms with E-state index >= 15 is 0 Å². The van der Waals surface area contributed by atoms with Crippen molar-refractivity contribution in [3.05, 3.63) is 47.9 Å². The minimum absolute atomic E-state index is 0.0310. The number of rotatable bonds is 5. The van der Waals surface area contributed by atoms with Crippen LogP contribution in [0.1, 0.15) is 11.3 Å². The normalized spacial score (nSPS) is 18.4. The quantitative estimate of drug-likeness (QED) is 0.759. The Morgan fingerprint density at radius 2 is 2.07 bits per heavy atom. The summed E-state index contributed by atoms with van der Waals surface area (Å²) in [5, 5.41) is 5.24. The number of furan rings is 1. The third-order valence-electron chi connectivity index (χ3n) is 4.38. The fraction of sp³-hybridized carbons (Fsp3) is 0.278. The van der Waals surface area contributed by atoms with E-state index < -0.39 is 23.8 Å². The van der Waals surface area contributed by atoms with Gasteiger partial charge in [-0.25, -0.2) is 4.79 Å². The highest BCUT2D eigenvalue weighted by atomic mass is 16.7. The maximum atomic E-state index is 12.7. The van der Waals surface area contributed by atoms with Gasteiger partial charge in [-0.15, -0.1) is 0 Å². The number of ether oxygens (including phenoxy) is 2. The molecule has 1 unspecified atom stereocenters. The number of hydrogen-bond donors (Lipinski definition) is 2. The van der Waals surface area contributed by atoms with Crippen LogP contribution in [-0.4, -0.2) is 36.1 Å². The molecule has 1 aromatic carbocycles. The van der Waals surface area contributed by atoms with E-state index in [1.165, 1.54) is 6.26 Å². The number of carbonyl (C=O) groups excluding carboxylic acids is 3. The number of nitrogens with one attached hydrogen (secondary N) is 2. The molecule has 1 atom stereocenters. The van der Waals surface area contributed by atoms with Gasteiger partial charge in [0.1, 0.15) is 11.7 Å². The van der Waals surface area contributed by atoms with Crippen LogP contribution in [0.25, 0.3) is 0 Å². The lowest BCUT2D eigenvalue weighted by Crippen LogP contribution is -2.58. The molecule has 140 valence electrons. The summed E-state index contributed by atoms with van der Waals surface area (Å²) < 4.78 is 15.7. The van der Waals surface area contributed by atoms with Gasteiger partial charge < -0.3 is 24.5 Å². The minimum atomic E-state index is -0.994. The van der Waals surface area contributed by atoms with Crippen molar-refractivity contribution in [1.82, 2.24) is 15.5 Å². The molecular weight excluding hydrogens is 354 g/mol. The summed E-state index contributed by atoms with van der Waals surface area (Å²) in [5.41, 5.74) is 0.694. The standard InChI is InChI=1S/C18H17N3O6/c22-16(19-7-12-2-1-5-25-12)13-8-20-18(24)21(17(13)23)9-11-3-4-14-15(6-11)27-10-26-14/h1-6,13H,7-10H2,(H,19,22)(H,20,24). The SMILES string of the molecule is O=C(NCc1ccco1)C1CNC(=O)N(Cc2ccc3c(c2)OCO3)C1=O. The van der Waals surface area contributed by atoms with Crippen molar-refractivity contribution in [3.8, 4) is 11.5 Å². The Morgan fingerprint density at radius 1 is 1.22 bits per heavy atom. The fourth-order valence-corrected chi connectivity index (χ4v) is 2.95. The highest BCUT2D eigenvalue weighted by molar-refractivity contribution is 6.08. The molecule has 2 aromatic rings. The van der Waals surface area contributed by atoms with Crippen LogP contribution in [0, 0.1) is 5.92 Å². The number of imide groups is 1. The summed E-state index contributed by atoms with van der Waals surface area (Å²) in [7, 11) is 0. The number of nitrogens with zero attached hydrogens (tertiary/aromatic N) is 1. The van der Waals surface area contributed by atoms with Crippen LogP contribution in [0.15, 0.2) is 41.0 Å². The van der Waals surface area contributed by atoms with Crippen LogP contribution in [0.3, 0.4) is 0 Å². The van der Waals surface area contributed by atoms with E-state index in [0.29, 0.717) is 22.8 Å². The van der Waals surface area contributed by atoms with E-state index in [1.807, 2.05) is 0 Å². The highest BCUT2D eigenvalue weighted by Gasteiger charge is 2.38. The molecule has 0 spiro atoms. The van der Waals surface area contributed by atoms with Crippen LogP contribution in [0.4, 0.5) is 4.79 Å². The number of amides is 4. The van der Waals surface area contributed by atoms with Crippen LogP contribution >= 0.6 is 0 Å². The maximum absolute atomic E-state index is 12.7. The van der Waals surface area contributed by atoms with Crippen molar-refractivity contribution >= 4 is 17.8 Å². The van der Waals surface area contributed by atoms with E-state index in [0.717, 1.165) is 4.90 Å². The zero-order valence-corrected chi connectivity index (χ0v) is 14.3. The third kappa shape index (κ3) is 3.43. The molecule has 2 aliphatic rings. The second-order valence-electron chi connectivity index (χ2n) is 6.15. The van der Waals surface area contributed by atoms with E-state index in [4.69, 9.17) is 13.9 Å². The molecule has 0 saturated carbocycles. The Balaban J connectivity index is 1.43. The molecule has 2 N–H and O–H groups in total. The molecule has 1 fully saturated rings. The molecule has 9 nitrogen and oxygen atoms in total. The first kappa shape index (κ1) is 17.0. The van der Waals surface area contributed by atoms with E-state index in [-0.39, 0.29) is 26.4 Å². The van der Waals surface area contributed by atoms with E-state index in [9.17, 15) is 14.4 Å². The summed E-state index contributed by atoms with van der Waals surface area (Å²) in [6.07, 6.45) is 1.50. The van der Waals surface area contributed by atoms with Crippen LogP contribution in [0.2, 0.25) is 0 Å². The number of urea groups is 1. The van der Waals surface area contributed by atoms with Crippen LogP contribution in [0.5, 0.6) is 11.5 Å². The van der Waals surface area contributed by atoms with Crippen molar-refractivity contribution < 1.29 is 28.3 Å². The van der Waals surface area contributed by atoms with E-state index in [1.54, 1.807) is 30.3 Å². The van der Waals surface area contributed by atoms with Gasteiger partial charge in [0.2, 0.25) is 18.6 Å². The molecule has 1 saturated heterocycles. The van der Waals surface area contributed by atoms with Gasteiger partial charge in [-0.3, -0.25) is 14.5 Å². The fourth-order valence-electron chi connectivity index (χ4n) is 2.95. The third-order valence-corrected chi connectivity index (χ3v) is 4.38. The summed E-state index contributed by atoms with van der Waals surface area (Å²) in [5.74, 6) is -0.256. The molecule has 0 bridgehead atoms. The average molecular weight is 371 g/mol. The molecule has 27 heavy (non-hydrogen) atoms. The van der Waals surface area contributed by atoms with Gasteiger partial charge in [0.25, 0.3) is 0 Å². The molecule has 0 radical (unpaired) electrons. The average Bonchev–Trinajstić information content (AvgIpc) is 3.34. The number of carbonyl (C=O) groups is 3. The topological polar surface area (TPSA) is 110 Å². The lowest BCUT2D eigenvalue weighted by atomic mass is 10.0. The van der Waals surface area contributed by atoms with Crippen molar-refractivity contribution in [2.24, 2.45) is 5.92 Å². The first-order valence-electron chi connectivity index (χ1n) is 8.39. The zero-order chi connectivity index (χ0) is 18.8. The monoisotopic (exact) mass is 371 g/mol. The summed E-state index contributed by atoms with van der Waals surface area (Å²) in [4.78, 5) is 38.2. The second kappa shape index (κ2) is 7.02. The molecule has 2 aliphatic heterocycles. The van der Waals surface area contributed by atoms with Gasteiger partial charge in [-0.2, -0.15) is 0 Å². The van der Waals surface area contributed by atoms with Crippen molar-refractivity contribution in [2.75, 3.05) is 13.3 Å². The summed E-state index contributed by atoms with van der Waals surface area (Å²) >= 11 is 0. The summed E-state index contributed by atoms with van der Waals surface area (Å²) in [6.45, 7) is 0.300. The maximum Gasteiger partial charge on any atom is 0.324 e. The number of benzene rings is 1. The Labute approximate surface area is 154 Å². The Kier molecular flexibility index (Phi) is 4.41. The second-order valence-corrected chi connectivity index (χ2v) is 6.15. The van der Waals surface area contributed by atoms with E-state index in [2.05, 4.69) is 10.6 Å². The minimum Gasteiger partial charge on any atom is -0.467 e. The Hall–Kier alpha value is -3.49. The molecule has 4 amide bonds. The molecule has 1 aromatic heterocycles. The van der Waals surface area contributed by atoms with Gasteiger partial charge in [-0.05, 0) is 29.8 Å². The molecule has 3 heterocycles. The van der Waals surface area contributed by atoms with Crippen LogP contribution < -0.4 is 20.1 Å². The number of hydrogen-bond acceptors (Lipinski definition) is 6. The lowest BCUT2D eigenvalue weighted by Gasteiger charge is -2.30. The zero-order valence-electron chi connectivity index (χ0n) is 14.3. The smallest absolute Gasteiger partial charge is 0.324 e. The largest absolute Gasteiger partial charge is 0.467 e. The van der Waals surface area contributed by atoms with Gasteiger partial charge in [0.05, 0.1) is 19.4 Å². The molecule has 0 aliphatic carbocycles. The van der Waals surface area contributed by atoms with Gasteiger partial charge in [-0.1, -0.05) is 6.07 Å².